The molecule has 0 aromatic heterocycles. The zero-order valence-corrected chi connectivity index (χ0v) is 20.3. The largest absolute Gasteiger partial charge is 0.480 e. The summed E-state index contributed by atoms with van der Waals surface area (Å²) in [5.74, 6) is 0.417. The molecule has 4 rings (SSSR count). The standard InChI is InChI=1S/C27H39NO4/c1-16-13-18(32-22(29)8-7-19(28)24(30)31)14-17-15-21-26(4)11-6-10-25(2,3)20(26)9-12-27(21,5)23(16)17/h13-14,19-21H,6-12,15,28H2,1-5H3,(H,30,31)/t19?,20?,21-,26+,27?/m1/s1. The number of aryl methyl sites for hydroxylation is 1. The maximum atomic E-state index is 12.3. The van der Waals surface area contributed by atoms with Crippen LogP contribution in [0.4, 0.5) is 0 Å². The number of benzene rings is 1. The van der Waals surface area contributed by atoms with Crippen molar-refractivity contribution in [2.45, 2.75) is 97.4 Å². The van der Waals surface area contributed by atoms with Crippen molar-refractivity contribution in [3.8, 4) is 5.75 Å². The van der Waals surface area contributed by atoms with Gasteiger partial charge in [-0.3, -0.25) is 9.59 Å². The Labute approximate surface area is 192 Å². The van der Waals surface area contributed by atoms with E-state index in [2.05, 4.69) is 40.7 Å². The summed E-state index contributed by atoms with van der Waals surface area (Å²) in [6.45, 7) is 12.1. The minimum absolute atomic E-state index is 0.00122. The molecule has 0 heterocycles. The van der Waals surface area contributed by atoms with Gasteiger partial charge in [0, 0.05) is 6.42 Å². The number of nitrogens with two attached hydrogens (primary N) is 1. The maximum absolute atomic E-state index is 12.3. The van der Waals surface area contributed by atoms with Gasteiger partial charge in [-0.25, -0.2) is 0 Å². The zero-order chi connectivity index (χ0) is 23.5. The minimum Gasteiger partial charge on any atom is -0.480 e. The van der Waals surface area contributed by atoms with Gasteiger partial charge in [-0.1, -0.05) is 34.1 Å². The number of carbonyl (C=O) groups excluding carboxylic acids is 1. The van der Waals surface area contributed by atoms with E-state index >= 15 is 0 Å². The number of carbonyl (C=O) groups is 2. The van der Waals surface area contributed by atoms with Gasteiger partial charge in [-0.05, 0) is 102 Å². The second kappa shape index (κ2) is 7.86. The smallest absolute Gasteiger partial charge is 0.320 e. The molecule has 0 amide bonds. The van der Waals surface area contributed by atoms with Gasteiger partial charge in [0.2, 0.25) is 0 Å². The van der Waals surface area contributed by atoms with Crippen LogP contribution in [0.3, 0.4) is 0 Å². The van der Waals surface area contributed by atoms with Gasteiger partial charge in [0.1, 0.15) is 11.8 Å². The third kappa shape index (κ3) is 3.67. The Morgan fingerprint density at radius 2 is 1.88 bits per heavy atom. The predicted molar refractivity (Wildman–Crippen MR) is 125 cm³/mol. The Morgan fingerprint density at radius 3 is 2.56 bits per heavy atom. The lowest BCUT2D eigenvalue weighted by Gasteiger charge is -2.61. The van der Waals surface area contributed by atoms with Crippen molar-refractivity contribution in [3.63, 3.8) is 0 Å². The predicted octanol–water partition coefficient (Wildman–Crippen LogP) is 5.15. The van der Waals surface area contributed by atoms with E-state index in [1.165, 1.54) is 48.8 Å². The fourth-order valence-electron chi connectivity index (χ4n) is 8.07. The van der Waals surface area contributed by atoms with E-state index in [0.29, 0.717) is 22.5 Å². The zero-order valence-electron chi connectivity index (χ0n) is 20.3. The summed E-state index contributed by atoms with van der Waals surface area (Å²) in [4.78, 5) is 23.2. The first-order chi connectivity index (χ1) is 14.9. The van der Waals surface area contributed by atoms with Gasteiger partial charge in [-0.2, -0.15) is 0 Å². The lowest BCUT2D eigenvalue weighted by atomic mass is 9.43. The van der Waals surface area contributed by atoms with Crippen molar-refractivity contribution in [2.24, 2.45) is 28.4 Å². The SMILES string of the molecule is Cc1cc(OC(=O)CCC(N)C(=O)O)cc2c1C1(C)CCC3C(C)(C)CCC[C@]3(C)[C@H]1C2. The second-order valence-electron chi connectivity index (χ2n) is 11.8. The molecule has 2 saturated carbocycles. The summed E-state index contributed by atoms with van der Waals surface area (Å²) in [6, 6.07) is 3.01. The average Bonchev–Trinajstić information content (AvgIpc) is 2.99. The van der Waals surface area contributed by atoms with Crippen LogP contribution in [-0.2, 0) is 21.4 Å². The molecule has 1 aromatic rings. The Balaban J connectivity index is 1.58. The number of fused-ring (bicyclic) bond motifs is 5. The van der Waals surface area contributed by atoms with Crippen LogP contribution in [0.15, 0.2) is 12.1 Å². The van der Waals surface area contributed by atoms with Gasteiger partial charge in [-0.15, -0.1) is 0 Å². The van der Waals surface area contributed by atoms with Crippen LogP contribution >= 0.6 is 0 Å². The summed E-state index contributed by atoms with van der Waals surface area (Å²) in [5, 5.41) is 8.91. The number of esters is 1. The van der Waals surface area contributed by atoms with E-state index in [-0.39, 0.29) is 18.3 Å². The quantitative estimate of drug-likeness (QED) is 0.487. The molecule has 5 atom stereocenters. The number of carboxylic acid groups (broad SMARTS) is 1. The van der Waals surface area contributed by atoms with Crippen LogP contribution in [0.25, 0.3) is 0 Å². The van der Waals surface area contributed by atoms with E-state index in [1.54, 1.807) is 0 Å². The average molecular weight is 442 g/mol. The van der Waals surface area contributed by atoms with E-state index in [1.807, 2.05) is 6.07 Å². The van der Waals surface area contributed by atoms with E-state index in [0.717, 1.165) is 12.3 Å². The first kappa shape index (κ1) is 23.3. The number of hydrogen-bond donors (Lipinski definition) is 2. The summed E-state index contributed by atoms with van der Waals surface area (Å²) < 4.78 is 5.61. The molecule has 3 unspecified atom stereocenters. The van der Waals surface area contributed by atoms with Crippen LogP contribution in [-0.4, -0.2) is 23.1 Å². The molecule has 32 heavy (non-hydrogen) atoms. The first-order valence-corrected chi connectivity index (χ1v) is 12.2. The molecule has 0 spiro atoms. The fraction of sp³-hybridized carbons (Fsp3) is 0.704. The molecule has 0 radical (unpaired) electrons. The minimum atomic E-state index is -1.10. The van der Waals surface area contributed by atoms with Crippen molar-refractivity contribution in [3.05, 3.63) is 28.8 Å². The molecular formula is C27H39NO4. The van der Waals surface area contributed by atoms with Gasteiger partial charge < -0.3 is 15.6 Å². The lowest BCUT2D eigenvalue weighted by molar-refractivity contribution is -0.139. The van der Waals surface area contributed by atoms with E-state index in [4.69, 9.17) is 15.6 Å². The molecule has 0 saturated heterocycles. The summed E-state index contributed by atoms with van der Waals surface area (Å²) in [7, 11) is 0. The fourth-order valence-corrected chi connectivity index (χ4v) is 8.07. The highest BCUT2D eigenvalue weighted by molar-refractivity contribution is 5.76. The van der Waals surface area contributed by atoms with Gasteiger partial charge >= 0.3 is 11.9 Å². The number of ether oxygens (including phenoxy) is 1. The molecule has 176 valence electrons. The molecule has 2 fully saturated rings. The van der Waals surface area contributed by atoms with Crippen molar-refractivity contribution >= 4 is 11.9 Å². The Morgan fingerprint density at radius 1 is 1.16 bits per heavy atom. The number of hydrogen-bond acceptors (Lipinski definition) is 4. The third-order valence-electron chi connectivity index (χ3n) is 9.39. The second-order valence-corrected chi connectivity index (χ2v) is 11.8. The third-order valence-corrected chi connectivity index (χ3v) is 9.39. The Hall–Kier alpha value is -1.88. The summed E-state index contributed by atoms with van der Waals surface area (Å²) in [6.07, 6.45) is 7.58. The lowest BCUT2D eigenvalue weighted by Crippen LogP contribution is -2.55. The Bertz CT molecular complexity index is 938. The van der Waals surface area contributed by atoms with E-state index < -0.39 is 18.0 Å². The van der Waals surface area contributed by atoms with Gasteiger partial charge in [0.25, 0.3) is 0 Å². The molecule has 3 N–H and O–H groups in total. The topological polar surface area (TPSA) is 89.6 Å². The molecule has 0 aliphatic heterocycles. The monoisotopic (exact) mass is 441 g/mol. The van der Waals surface area contributed by atoms with E-state index in [9.17, 15) is 9.59 Å². The van der Waals surface area contributed by atoms with Crippen molar-refractivity contribution < 1.29 is 19.4 Å². The van der Waals surface area contributed by atoms with Crippen molar-refractivity contribution in [1.82, 2.24) is 0 Å². The van der Waals surface area contributed by atoms with Crippen LogP contribution in [0.1, 0.15) is 89.3 Å². The first-order valence-electron chi connectivity index (χ1n) is 12.2. The molecule has 5 nitrogen and oxygen atoms in total. The number of carboxylic acids is 1. The number of rotatable bonds is 5. The van der Waals surface area contributed by atoms with Crippen LogP contribution in [0.5, 0.6) is 5.75 Å². The molecule has 3 aliphatic carbocycles. The molecule has 5 heteroatoms. The van der Waals surface area contributed by atoms with Crippen molar-refractivity contribution in [1.29, 1.82) is 0 Å². The highest BCUT2D eigenvalue weighted by Gasteiger charge is 2.61. The van der Waals surface area contributed by atoms with Gasteiger partial charge in [0.05, 0.1) is 0 Å². The summed E-state index contributed by atoms with van der Waals surface area (Å²) in [5.41, 5.74) is 10.4. The van der Waals surface area contributed by atoms with Crippen LogP contribution in [0.2, 0.25) is 0 Å². The van der Waals surface area contributed by atoms with Crippen molar-refractivity contribution in [2.75, 3.05) is 0 Å². The normalized spacial score (nSPS) is 33.6. The molecule has 0 bridgehead atoms. The highest BCUT2D eigenvalue weighted by Crippen LogP contribution is 2.67. The highest BCUT2D eigenvalue weighted by atomic mass is 16.5. The molecular weight excluding hydrogens is 402 g/mol. The molecule has 3 aliphatic rings. The summed E-state index contributed by atoms with van der Waals surface area (Å²) >= 11 is 0. The van der Waals surface area contributed by atoms with Gasteiger partial charge in [0.15, 0.2) is 0 Å². The number of aliphatic carboxylic acids is 1. The van der Waals surface area contributed by atoms with Crippen LogP contribution in [0, 0.1) is 29.6 Å². The van der Waals surface area contributed by atoms with Crippen LogP contribution < -0.4 is 10.5 Å². The molecule has 1 aromatic carbocycles. The maximum Gasteiger partial charge on any atom is 0.320 e. The Kier molecular flexibility index (Phi) is 5.72.